The number of carbonyl (C=O) groups excluding carboxylic acids is 2. The van der Waals surface area contributed by atoms with Crippen LogP contribution >= 0.6 is 11.3 Å². The molecule has 0 saturated carbocycles. The molecule has 1 heterocycles. The molecule has 1 aromatic heterocycles. The fraction of sp³-hybridized carbons (Fsp3) is 0.368. The first-order chi connectivity index (χ1) is 11.6. The molecule has 1 aromatic carbocycles. The maximum Gasteiger partial charge on any atom is 0.323 e. The quantitative estimate of drug-likeness (QED) is 0.745. The van der Waals surface area contributed by atoms with Crippen LogP contribution in [0.25, 0.3) is 0 Å². The van der Waals surface area contributed by atoms with Crippen LogP contribution in [0.4, 0.5) is 16.2 Å². The van der Waals surface area contributed by atoms with Crippen molar-refractivity contribution in [2.24, 2.45) is 0 Å². The zero-order valence-corrected chi connectivity index (χ0v) is 16.4. The van der Waals surface area contributed by atoms with Gasteiger partial charge in [0.15, 0.2) is 0 Å². The highest BCUT2D eigenvalue weighted by molar-refractivity contribution is 7.14. The van der Waals surface area contributed by atoms with Gasteiger partial charge in [0.05, 0.1) is 5.69 Å². The lowest BCUT2D eigenvalue weighted by atomic mass is 9.94. The van der Waals surface area contributed by atoms with E-state index in [-0.39, 0.29) is 17.4 Å². The molecule has 0 atom stereocenters. The molecule has 0 fully saturated rings. The summed E-state index contributed by atoms with van der Waals surface area (Å²) in [6.45, 7) is 10.2. The average molecular weight is 359 g/mol. The van der Waals surface area contributed by atoms with Gasteiger partial charge in [-0.15, -0.1) is 11.3 Å². The van der Waals surface area contributed by atoms with Crippen molar-refractivity contribution in [1.82, 2.24) is 5.32 Å². The van der Waals surface area contributed by atoms with Crippen LogP contribution in [-0.2, 0) is 5.41 Å². The van der Waals surface area contributed by atoms with Gasteiger partial charge in [0, 0.05) is 17.6 Å². The van der Waals surface area contributed by atoms with Crippen LogP contribution in [0.3, 0.4) is 0 Å². The van der Waals surface area contributed by atoms with E-state index in [4.69, 9.17) is 0 Å². The van der Waals surface area contributed by atoms with Gasteiger partial charge in [-0.1, -0.05) is 38.5 Å². The van der Waals surface area contributed by atoms with E-state index in [0.717, 1.165) is 21.7 Å². The molecule has 3 amide bonds. The summed E-state index contributed by atoms with van der Waals surface area (Å²) in [7, 11) is 1.58. The summed E-state index contributed by atoms with van der Waals surface area (Å²) in [6.07, 6.45) is 0. The first kappa shape index (κ1) is 19.0. The van der Waals surface area contributed by atoms with E-state index in [2.05, 4.69) is 36.7 Å². The van der Waals surface area contributed by atoms with Gasteiger partial charge in [-0.05, 0) is 37.0 Å². The van der Waals surface area contributed by atoms with Gasteiger partial charge in [0.2, 0.25) is 0 Å². The fourth-order valence-corrected chi connectivity index (χ4v) is 3.48. The highest BCUT2D eigenvalue weighted by Gasteiger charge is 2.23. The smallest absolute Gasteiger partial charge is 0.323 e. The van der Waals surface area contributed by atoms with Crippen LogP contribution in [0.5, 0.6) is 0 Å². The van der Waals surface area contributed by atoms with Crippen LogP contribution in [0.15, 0.2) is 24.3 Å². The molecule has 0 aliphatic heterocycles. The van der Waals surface area contributed by atoms with Gasteiger partial charge in [0.25, 0.3) is 5.91 Å². The van der Waals surface area contributed by atoms with Crippen molar-refractivity contribution in [3.8, 4) is 0 Å². The van der Waals surface area contributed by atoms with Crippen LogP contribution in [0.2, 0.25) is 0 Å². The first-order valence-electron chi connectivity index (χ1n) is 8.13. The van der Waals surface area contributed by atoms with Crippen molar-refractivity contribution >= 4 is 34.6 Å². The standard InChI is InChI=1S/C19H25N3O2S/c1-11-7-8-13(12(2)9-11)21-18(24)22-14-10-15(19(3,4)5)25-16(14)17(23)20-6/h7-10H,1-6H3,(H,20,23)(H2,21,22,24). The molecule has 0 radical (unpaired) electrons. The Balaban J connectivity index is 2.24. The van der Waals surface area contributed by atoms with E-state index in [0.29, 0.717) is 10.6 Å². The number of nitrogens with one attached hydrogen (secondary N) is 3. The molecule has 5 nitrogen and oxygen atoms in total. The first-order valence-corrected chi connectivity index (χ1v) is 8.95. The lowest BCUT2D eigenvalue weighted by molar-refractivity contribution is 0.0968. The van der Waals surface area contributed by atoms with E-state index in [1.54, 1.807) is 7.05 Å². The topological polar surface area (TPSA) is 70.2 Å². The number of hydrogen-bond acceptors (Lipinski definition) is 3. The zero-order chi connectivity index (χ0) is 18.8. The van der Waals surface area contributed by atoms with Crippen LogP contribution < -0.4 is 16.0 Å². The molecule has 3 N–H and O–H groups in total. The summed E-state index contributed by atoms with van der Waals surface area (Å²) in [6, 6.07) is 7.33. The molecule has 0 bridgehead atoms. The zero-order valence-electron chi connectivity index (χ0n) is 15.5. The van der Waals surface area contributed by atoms with Crippen molar-refractivity contribution in [2.75, 3.05) is 17.7 Å². The van der Waals surface area contributed by atoms with Gasteiger partial charge < -0.3 is 16.0 Å². The Kier molecular flexibility index (Phi) is 5.52. The lowest BCUT2D eigenvalue weighted by Gasteiger charge is -2.15. The molecule has 0 aliphatic rings. The second-order valence-corrected chi connectivity index (χ2v) is 8.13. The number of thiophene rings is 1. The Morgan fingerprint density at radius 3 is 2.20 bits per heavy atom. The molecule has 6 heteroatoms. The third-order valence-electron chi connectivity index (χ3n) is 3.78. The van der Waals surface area contributed by atoms with Crippen molar-refractivity contribution in [1.29, 1.82) is 0 Å². The number of benzene rings is 1. The third-order valence-corrected chi connectivity index (χ3v) is 5.34. The third kappa shape index (κ3) is 4.60. The molecular formula is C19H25N3O2S. The Morgan fingerprint density at radius 2 is 1.64 bits per heavy atom. The summed E-state index contributed by atoms with van der Waals surface area (Å²) in [5, 5.41) is 8.27. The molecule has 0 spiro atoms. The van der Waals surface area contributed by atoms with Crippen LogP contribution in [-0.4, -0.2) is 19.0 Å². The maximum atomic E-state index is 12.4. The average Bonchev–Trinajstić information content (AvgIpc) is 2.93. The Morgan fingerprint density at radius 1 is 1.00 bits per heavy atom. The summed E-state index contributed by atoms with van der Waals surface area (Å²) in [4.78, 5) is 26.1. The minimum atomic E-state index is -0.365. The molecular weight excluding hydrogens is 334 g/mol. The normalized spacial score (nSPS) is 11.1. The molecule has 0 saturated heterocycles. The number of aryl methyl sites for hydroxylation is 2. The summed E-state index contributed by atoms with van der Waals surface area (Å²) < 4.78 is 0. The van der Waals surface area contributed by atoms with Crippen LogP contribution in [0, 0.1) is 13.8 Å². The van der Waals surface area contributed by atoms with Crippen LogP contribution in [0.1, 0.15) is 46.4 Å². The SMILES string of the molecule is CNC(=O)c1sc(C(C)(C)C)cc1NC(=O)Nc1ccc(C)cc1C. The van der Waals surface area contributed by atoms with E-state index in [9.17, 15) is 9.59 Å². The highest BCUT2D eigenvalue weighted by atomic mass is 32.1. The predicted molar refractivity (Wildman–Crippen MR) is 105 cm³/mol. The molecule has 134 valence electrons. The predicted octanol–water partition coefficient (Wildman–Crippen LogP) is 4.67. The fourth-order valence-electron chi connectivity index (χ4n) is 2.37. The van der Waals surface area contributed by atoms with Crippen molar-refractivity contribution < 1.29 is 9.59 Å². The second-order valence-electron chi connectivity index (χ2n) is 7.08. The number of rotatable bonds is 3. The van der Waals surface area contributed by atoms with E-state index >= 15 is 0 Å². The van der Waals surface area contributed by atoms with E-state index in [1.165, 1.54) is 11.3 Å². The van der Waals surface area contributed by atoms with Gasteiger partial charge >= 0.3 is 6.03 Å². The number of hydrogen-bond donors (Lipinski definition) is 3. The molecule has 2 rings (SSSR count). The van der Waals surface area contributed by atoms with Crippen molar-refractivity contribution in [2.45, 2.75) is 40.0 Å². The van der Waals surface area contributed by atoms with E-state index in [1.807, 2.05) is 38.1 Å². The molecule has 25 heavy (non-hydrogen) atoms. The van der Waals surface area contributed by atoms with E-state index < -0.39 is 0 Å². The molecule has 0 unspecified atom stereocenters. The number of amides is 3. The number of urea groups is 1. The molecule has 2 aromatic rings. The largest absolute Gasteiger partial charge is 0.354 e. The minimum absolute atomic E-state index is 0.0998. The summed E-state index contributed by atoms with van der Waals surface area (Å²) >= 11 is 1.40. The molecule has 0 aliphatic carbocycles. The maximum absolute atomic E-state index is 12.4. The number of anilines is 2. The van der Waals surface area contributed by atoms with Gasteiger partial charge in [-0.25, -0.2) is 4.79 Å². The van der Waals surface area contributed by atoms with Gasteiger partial charge in [-0.2, -0.15) is 0 Å². The van der Waals surface area contributed by atoms with Gasteiger partial charge in [-0.3, -0.25) is 4.79 Å². The Hall–Kier alpha value is -2.34. The second kappa shape index (κ2) is 7.27. The van der Waals surface area contributed by atoms with Crippen molar-refractivity contribution in [3.05, 3.63) is 45.1 Å². The summed E-state index contributed by atoms with van der Waals surface area (Å²) in [5.74, 6) is -0.206. The summed E-state index contributed by atoms with van der Waals surface area (Å²) in [5.41, 5.74) is 3.30. The minimum Gasteiger partial charge on any atom is -0.354 e. The van der Waals surface area contributed by atoms with Gasteiger partial charge in [0.1, 0.15) is 4.88 Å². The van der Waals surface area contributed by atoms with Crippen molar-refractivity contribution in [3.63, 3.8) is 0 Å². The Labute approximate surface area is 152 Å². The monoisotopic (exact) mass is 359 g/mol. The number of carbonyl (C=O) groups is 2. The lowest BCUT2D eigenvalue weighted by Crippen LogP contribution is -2.23. The Bertz CT molecular complexity index is 803. The highest BCUT2D eigenvalue weighted by Crippen LogP contribution is 2.35.